The maximum absolute atomic E-state index is 9.45. The van der Waals surface area contributed by atoms with Crippen molar-refractivity contribution in [3.05, 3.63) is 17.8 Å². The molecule has 0 saturated heterocycles. The molecule has 0 aliphatic carbocycles. The van der Waals surface area contributed by atoms with Crippen molar-refractivity contribution >= 4 is 0 Å². The molecule has 68 valence electrons. The van der Waals surface area contributed by atoms with Crippen LogP contribution in [0.4, 0.5) is 0 Å². The summed E-state index contributed by atoms with van der Waals surface area (Å²) in [5.74, 6) is 1.11. The Balaban J connectivity index is 2.47. The third-order valence-electron chi connectivity index (χ3n) is 1.61. The predicted molar refractivity (Wildman–Crippen MR) is 44.5 cm³/mol. The van der Waals surface area contributed by atoms with E-state index in [0.29, 0.717) is 18.9 Å². The van der Waals surface area contributed by atoms with Crippen LogP contribution in [0.3, 0.4) is 0 Å². The molecule has 1 unspecified atom stereocenters. The van der Waals surface area contributed by atoms with E-state index in [0.717, 1.165) is 12.2 Å². The normalized spacial score (nSPS) is 13.2. The van der Waals surface area contributed by atoms with Crippen molar-refractivity contribution in [1.82, 2.24) is 4.98 Å². The van der Waals surface area contributed by atoms with Crippen LogP contribution in [-0.4, -0.2) is 16.6 Å². The van der Waals surface area contributed by atoms with Gasteiger partial charge in [-0.25, -0.2) is 4.98 Å². The molecule has 1 aromatic heterocycles. The molecule has 4 heteroatoms. The number of nitrogens with two attached hydrogens (primary N) is 1. The summed E-state index contributed by atoms with van der Waals surface area (Å²) in [6.45, 7) is 2.38. The van der Waals surface area contributed by atoms with Gasteiger partial charge in [-0.1, -0.05) is 0 Å². The highest BCUT2D eigenvalue weighted by Gasteiger charge is 2.11. The Morgan fingerprint density at radius 2 is 2.50 bits per heavy atom. The minimum Gasteiger partial charge on any atom is -0.443 e. The Hall–Kier alpha value is -0.870. The largest absolute Gasteiger partial charge is 0.443 e. The van der Waals surface area contributed by atoms with Crippen LogP contribution >= 0.6 is 0 Å². The van der Waals surface area contributed by atoms with Crippen LogP contribution in [0.1, 0.15) is 30.6 Å². The van der Waals surface area contributed by atoms with Crippen molar-refractivity contribution in [2.24, 2.45) is 5.73 Å². The van der Waals surface area contributed by atoms with Crippen molar-refractivity contribution in [2.45, 2.75) is 25.9 Å². The first-order valence-electron chi connectivity index (χ1n) is 4.04. The molecule has 0 spiro atoms. The van der Waals surface area contributed by atoms with Gasteiger partial charge in [-0.05, 0) is 26.3 Å². The van der Waals surface area contributed by atoms with Gasteiger partial charge in [0.25, 0.3) is 0 Å². The third kappa shape index (κ3) is 2.32. The SMILES string of the molecule is Cc1cnc(C(O)CCCN)o1. The summed E-state index contributed by atoms with van der Waals surface area (Å²) in [6, 6.07) is 0. The molecule has 0 saturated carbocycles. The second kappa shape index (κ2) is 4.23. The fraction of sp³-hybridized carbons (Fsp3) is 0.625. The number of hydrogen-bond donors (Lipinski definition) is 2. The van der Waals surface area contributed by atoms with Crippen molar-refractivity contribution in [3.8, 4) is 0 Å². The smallest absolute Gasteiger partial charge is 0.223 e. The van der Waals surface area contributed by atoms with Gasteiger partial charge >= 0.3 is 0 Å². The third-order valence-corrected chi connectivity index (χ3v) is 1.61. The van der Waals surface area contributed by atoms with Gasteiger partial charge in [0.15, 0.2) is 0 Å². The highest BCUT2D eigenvalue weighted by Crippen LogP contribution is 2.16. The first-order chi connectivity index (χ1) is 5.74. The van der Waals surface area contributed by atoms with Gasteiger partial charge < -0.3 is 15.3 Å². The van der Waals surface area contributed by atoms with Crippen LogP contribution in [0.25, 0.3) is 0 Å². The second-order valence-corrected chi connectivity index (χ2v) is 2.76. The zero-order valence-electron chi connectivity index (χ0n) is 7.16. The van der Waals surface area contributed by atoms with E-state index in [9.17, 15) is 5.11 Å². The maximum Gasteiger partial charge on any atom is 0.223 e. The van der Waals surface area contributed by atoms with Crippen LogP contribution < -0.4 is 5.73 Å². The molecular formula is C8H14N2O2. The number of hydrogen-bond acceptors (Lipinski definition) is 4. The summed E-state index contributed by atoms with van der Waals surface area (Å²) in [7, 11) is 0. The quantitative estimate of drug-likeness (QED) is 0.699. The Morgan fingerprint density at radius 3 is 3.00 bits per heavy atom. The Labute approximate surface area is 71.4 Å². The molecule has 0 amide bonds. The number of oxazole rings is 1. The number of aliphatic hydroxyl groups excluding tert-OH is 1. The van der Waals surface area contributed by atoms with E-state index < -0.39 is 6.10 Å². The zero-order chi connectivity index (χ0) is 8.97. The molecule has 0 radical (unpaired) electrons. The monoisotopic (exact) mass is 170 g/mol. The molecule has 0 aliphatic heterocycles. The predicted octanol–water partition coefficient (Wildman–Crippen LogP) is 0.755. The van der Waals surface area contributed by atoms with Crippen LogP contribution in [0.15, 0.2) is 10.6 Å². The van der Waals surface area contributed by atoms with Gasteiger partial charge in [0.2, 0.25) is 5.89 Å². The maximum atomic E-state index is 9.45. The fourth-order valence-electron chi connectivity index (χ4n) is 0.961. The summed E-state index contributed by atoms with van der Waals surface area (Å²) in [4.78, 5) is 3.91. The molecule has 0 bridgehead atoms. The molecule has 0 fully saturated rings. The van der Waals surface area contributed by atoms with Crippen LogP contribution in [0, 0.1) is 6.92 Å². The highest BCUT2D eigenvalue weighted by molar-refractivity contribution is 4.93. The lowest BCUT2D eigenvalue weighted by molar-refractivity contribution is 0.131. The molecule has 0 aromatic carbocycles. The van der Waals surface area contributed by atoms with E-state index in [1.807, 2.05) is 0 Å². The average Bonchev–Trinajstić information content (AvgIpc) is 2.47. The van der Waals surface area contributed by atoms with Crippen molar-refractivity contribution in [3.63, 3.8) is 0 Å². The summed E-state index contributed by atoms with van der Waals surface area (Å²) in [5, 5.41) is 9.45. The lowest BCUT2D eigenvalue weighted by Crippen LogP contribution is -2.03. The Kier molecular flexibility index (Phi) is 3.25. The molecule has 1 aromatic rings. The number of aryl methyl sites for hydroxylation is 1. The number of aliphatic hydroxyl groups is 1. The van der Waals surface area contributed by atoms with Crippen LogP contribution in [0.2, 0.25) is 0 Å². The molecule has 4 nitrogen and oxygen atoms in total. The van der Waals surface area contributed by atoms with E-state index in [2.05, 4.69) is 4.98 Å². The molecular weight excluding hydrogens is 156 g/mol. The molecule has 3 N–H and O–H groups in total. The molecule has 1 heterocycles. The van der Waals surface area contributed by atoms with Crippen molar-refractivity contribution < 1.29 is 9.52 Å². The van der Waals surface area contributed by atoms with Crippen molar-refractivity contribution in [1.29, 1.82) is 0 Å². The summed E-state index contributed by atoms with van der Waals surface area (Å²) in [5.41, 5.74) is 5.30. The fourth-order valence-corrected chi connectivity index (χ4v) is 0.961. The van der Waals surface area contributed by atoms with E-state index >= 15 is 0 Å². The standard InChI is InChI=1S/C8H14N2O2/c1-6-5-10-8(12-6)7(11)3-2-4-9/h5,7,11H,2-4,9H2,1H3. The summed E-state index contributed by atoms with van der Waals surface area (Å²) < 4.78 is 5.14. The lowest BCUT2D eigenvalue weighted by atomic mass is 10.2. The molecule has 0 aliphatic rings. The molecule has 1 atom stereocenters. The van der Waals surface area contributed by atoms with E-state index in [4.69, 9.17) is 10.2 Å². The van der Waals surface area contributed by atoms with Crippen LogP contribution in [-0.2, 0) is 0 Å². The summed E-state index contributed by atoms with van der Waals surface area (Å²) >= 11 is 0. The van der Waals surface area contributed by atoms with Crippen molar-refractivity contribution in [2.75, 3.05) is 6.54 Å². The van der Waals surface area contributed by atoms with Gasteiger partial charge in [0.05, 0.1) is 6.20 Å². The molecule has 1 rings (SSSR count). The summed E-state index contributed by atoms with van der Waals surface area (Å²) in [6.07, 6.45) is 2.38. The van der Waals surface area contributed by atoms with E-state index in [1.54, 1.807) is 13.1 Å². The first kappa shape index (κ1) is 9.22. The zero-order valence-corrected chi connectivity index (χ0v) is 7.16. The van der Waals surface area contributed by atoms with Crippen LogP contribution in [0.5, 0.6) is 0 Å². The minimum atomic E-state index is -0.609. The van der Waals surface area contributed by atoms with Gasteiger partial charge in [-0.15, -0.1) is 0 Å². The second-order valence-electron chi connectivity index (χ2n) is 2.76. The molecule has 12 heavy (non-hydrogen) atoms. The van der Waals surface area contributed by atoms with E-state index in [-0.39, 0.29) is 0 Å². The Bertz CT molecular complexity index is 235. The van der Waals surface area contributed by atoms with Gasteiger partial charge in [0, 0.05) is 0 Å². The number of rotatable bonds is 4. The first-order valence-corrected chi connectivity index (χ1v) is 4.04. The Morgan fingerprint density at radius 1 is 1.75 bits per heavy atom. The van der Waals surface area contributed by atoms with E-state index in [1.165, 1.54) is 0 Å². The van der Waals surface area contributed by atoms with Gasteiger partial charge in [-0.2, -0.15) is 0 Å². The lowest BCUT2D eigenvalue weighted by Gasteiger charge is -2.03. The van der Waals surface area contributed by atoms with Gasteiger partial charge in [-0.3, -0.25) is 0 Å². The minimum absolute atomic E-state index is 0.390. The number of aromatic nitrogens is 1. The number of nitrogens with zero attached hydrogens (tertiary/aromatic N) is 1. The topological polar surface area (TPSA) is 72.3 Å². The average molecular weight is 170 g/mol. The highest BCUT2D eigenvalue weighted by atomic mass is 16.4. The van der Waals surface area contributed by atoms with Gasteiger partial charge in [0.1, 0.15) is 11.9 Å².